The van der Waals surface area contributed by atoms with Crippen molar-refractivity contribution >= 4 is 29.0 Å². The first-order valence-electron chi connectivity index (χ1n) is 7.73. The predicted octanol–water partition coefficient (Wildman–Crippen LogP) is 2.73. The van der Waals surface area contributed by atoms with Crippen LogP contribution in [0.4, 0.5) is 0 Å². The molecule has 23 heavy (non-hydrogen) atoms. The van der Waals surface area contributed by atoms with E-state index in [9.17, 15) is 4.79 Å². The molecule has 6 nitrogen and oxygen atoms in total. The molecule has 1 aliphatic carbocycles. The molecule has 0 unspecified atom stereocenters. The number of nitrogens with zero attached hydrogens (tertiary/aromatic N) is 2. The van der Waals surface area contributed by atoms with Crippen LogP contribution in [-0.4, -0.2) is 32.2 Å². The highest BCUT2D eigenvalue weighted by molar-refractivity contribution is 7.71. The van der Waals surface area contributed by atoms with Crippen molar-refractivity contribution in [3.8, 4) is 0 Å². The van der Waals surface area contributed by atoms with Crippen LogP contribution in [0.1, 0.15) is 34.9 Å². The van der Waals surface area contributed by atoms with Crippen LogP contribution in [-0.2, 0) is 6.54 Å². The molecule has 118 valence electrons. The van der Waals surface area contributed by atoms with Crippen LogP contribution in [0.15, 0.2) is 30.5 Å². The van der Waals surface area contributed by atoms with Crippen molar-refractivity contribution < 1.29 is 4.79 Å². The summed E-state index contributed by atoms with van der Waals surface area (Å²) in [5, 5.41) is 11.1. The van der Waals surface area contributed by atoms with Crippen molar-refractivity contribution in [3.05, 3.63) is 46.6 Å². The first-order valence-corrected chi connectivity index (χ1v) is 8.14. The number of carbonyl (C=O) groups is 1. The molecule has 0 bridgehead atoms. The first kappa shape index (κ1) is 14.2. The van der Waals surface area contributed by atoms with Gasteiger partial charge in [-0.2, -0.15) is 5.10 Å². The second-order valence-electron chi connectivity index (χ2n) is 5.82. The number of aromatic amines is 2. The molecule has 1 aliphatic rings. The zero-order valence-corrected chi connectivity index (χ0v) is 13.3. The monoisotopic (exact) mass is 327 g/mol. The standard InChI is InChI=1S/C16H17N5OS/c22-15(12-3-1-2-10-6-7-17-13(10)12)18-8-9-21-14(11-4-5-11)19-20-16(21)23/h1-3,6-7,11,17H,4-5,8-9H2,(H,18,22)(H,20,23). The Labute approximate surface area is 137 Å². The summed E-state index contributed by atoms with van der Waals surface area (Å²) in [6, 6.07) is 7.66. The van der Waals surface area contributed by atoms with E-state index in [1.54, 1.807) is 0 Å². The van der Waals surface area contributed by atoms with Crippen LogP contribution in [0.25, 0.3) is 10.9 Å². The minimum absolute atomic E-state index is 0.0824. The van der Waals surface area contributed by atoms with E-state index in [0.717, 1.165) is 16.7 Å². The van der Waals surface area contributed by atoms with Gasteiger partial charge in [0.25, 0.3) is 5.91 Å². The van der Waals surface area contributed by atoms with Gasteiger partial charge in [0.15, 0.2) is 4.77 Å². The summed E-state index contributed by atoms with van der Waals surface area (Å²) in [5.74, 6) is 1.45. The van der Waals surface area contributed by atoms with Crippen LogP contribution < -0.4 is 5.32 Å². The molecule has 0 radical (unpaired) electrons. The number of hydrogen-bond acceptors (Lipinski definition) is 3. The lowest BCUT2D eigenvalue weighted by atomic mass is 10.1. The first-order chi connectivity index (χ1) is 11.2. The van der Waals surface area contributed by atoms with Gasteiger partial charge in [0.05, 0.1) is 11.1 Å². The summed E-state index contributed by atoms with van der Waals surface area (Å²) >= 11 is 5.27. The number of H-pyrrole nitrogens is 2. The fraction of sp³-hybridized carbons (Fsp3) is 0.312. The van der Waals surface area contributed by atoms with Crippen molar-refractivity contribution in [2.24, 2.45) is 0 Å². The smallest absolute Gasteiger partial charge is 0.253 e. The number of carbonyl (C=O) groups excluding carboxylic acids is 1. The van der Waals surface area contributed by atoms with Crippen molar-refractivity contribution in [1.29, 1.82) is 0 Å². The van der Waals surface area contributed by atoms with Gasteiger partial charge in [0.1, 0.15) is 5.82 Å². The lowest BCUT2D eigenvalue weighted by Gasteiger charge is -2.08. The molecule has 0 atom stereocenters. The Balaban J connectivity index is 1.45. The number of fused-ring (bicyclic) bond motifs is 1. The molecule has 2 aromatic heterocycles. The van der Waals surface area contributed by atoms with Gasteiger partial charge in [0.2, 0.25) is 0 Å². The largest absolute Gasteiger partial charge is 0.361 e. The molecule has 1 aromatic carbocycles. The third-order valence-corrected chi connectivity index (χ3v) is 4.49. The highest BCUT2D eigenvalue weighted by Gasteiger charge is 2.28. The van der Waals surface area contributed by atoms with E-state index in [-0.39, 0.29) is 5.91 Å². The highest BCUT2D eigenvalue weighted by atomic mass is 32.1. The van der Waals surface area contributed by atoms with E-state index in [2.05, 4.69) is 20.5 Å². The molecule has 1 fully saturated rings. The van der Waals surface area contributed by atoms with Crippen molar-refractivity contribution in [3.63, 3.8) is 0 Å². The van der Waals surface area contributed by atoms with Gasteiger partial charge >= 0.3 is 0 Å². The Morgan fingerprint density at radius 2 is 2.26 bits per heavy atom. The summed E-state index contributed by atoms with van der Waals surface area (Å²) in [4.78, 5) is 15.5. The maximum absolute atomic E-state index is 12.4. The number of aromatic nitrogens is 4. The molecular weight excluding hydrogens is 310 g/mol. The molecule has 0 aliphatic heterocycles. The van der Waals surface area contributed by atoms with Crippen LogP contribution in [0, 0.1) is 4.77 Å². The number of rotatable bonds is 5. The Bertz CT molecular complexity index is 918. The number of benzene rings is 1. The maximum atomic E-state index is 12.4. The van der Waals surface area contributed by atoms with Gasteiger partial charge in [-0.25, -0.2) is 0 Å². The molecule has 0 saturated heterocycles. The molecule has 2 heterocycles. The zero-order chi connectivity index (χ0) is 15.8. The average Bonchev–Trinajstić information content (AvgIpc) is 3.16. The predicted molar refractivity (Wildman–Crippen MR) is 90.0 cm³/mol. The van der Waals surface area contributed by atoms with Gasteiger partial charge in [-0.1, -0.05) is 12.1 Å². The molecule has 4 rings (SSSR count). The lowest BCUT2D eigenvalue weighted by molar-refractivity contribution is 0.0953. The van der Waals surface area contributed by atoms with Gasteiger partial charge in [0, 0.05) is 30.6 Å². The molecule has 3 aromatic rings. The number of amides is 1. The lowest BCUT2D eigenvalue weighted by Crippen LogP contribution is -2.28. The quantitative estimate of drug-likeness (QED) is 0.631. The second-order valence-corrected chi connectivity index (χ2v) is 6.20. The third-order valence-electron chi connectivity index (χ3n) is 4.18. The number of para-hydroxylation sites is 1. The van der Waals surface area contributed by atoms with Crippen LogP contribution in [0.2, 0.25) is 0 Å². The molecule has 0 spiro atoms. The topological polar surface area (TPSA) is 78.5 Å². The fourth-order valence-electron chi connectivity index (χ4n) is 2.85. The van der Waals surface area contributed by atoms with Gasteiger partial charge < -0.3 is 14.9 Å². The Morgan fingerprint density at radius 1 is 1.39 bits per heavy atom. The zero-order valence-electron chi connectivity index (χ0n) is 12.5. The Hall–Kier alpha value is -2.41. The molecule has 3 N–H and O–H groups in total. The van der Waals surface area contributed by atoms with Crippen molar-refractivity contribution in [1.82, 2.24) is 25.1 Å². The van der Waals surface area contributed by atoms with Crippen molar-refractivity contribution in [2.45, 2.75) is 25.3 Å². The number of nitrogens with one attached hydrogen (secondary N) is 3. The average molecular weight is 327 g/mol. The van der Waals surface area contributed by atoms with E-state index < -0.39 is 0 Å². The Kier molecular flexibility index (Phi) is 3.49. The minimum atomic E-state index is -0.0824. The summed E-state index contributed by atoms with van der Waals surface area (Å²) in [7, 11) is 0. The van der Waals surface area contributed by atoms with Gasteiger partial charge in [-0.15, -0.1) is 0 Å². The summed E-state index contributed by atoms with van der Waals surface area (Å²) in [5.41, 5.74) is 1.52. The normalized spacial score (nSPS) is 14.3. The van der Waals surface area contributed by atoms with E-state index >= 15 is 0 Å². The van der Waals surface area contributed by atoms with Gasteiger partial charge in [-0.05, 0) is 37.2 Å². The summed E-state index contributed by atoms with van der Waals surface area (Å²) in [6.07, 6.45) is 4.18. The van der Waals surface area contributed by atoms with Crippen molar-refractivity contribution in [2.75, 3.05) is 6.54 Å². The van der Waals surface area contributed by atoms with Crippen LogP contribution >= 0.6 is 12.2 Å². The van der Waals surface area contributed by atoms with E-state index in [4.69, 9.17) is 12.2 Å². The fourth-order valence-corrected chi connectivity index (χ4v) is 3.08. The van der Waals surface area contributed by atoms with E-state index in [0.29, 0.717) is 29.3 Å². The second kappa shape index (κ2) is 5.66. The summed E-state index contributed by atoms with van der Waals surface area (Å²) in [6.45, 7) is 1.15. The highest BCUT2D eigenvalue weighted by Crippen LogP contribution is 2.38. The SMILES string of the molecule is O=C(NCCn1c(C2CC2)n[nH]c1=S)c1cccc2cc[nH]c12. The van der Waals surface area contributed by atoms with Gasteiger partial charge in [-0.3, -0.25) is 9.89 Å². The van der Waals surface area contributed by atoms with E-state index in [1.807, 2.05) is 35.0 Å². The molecule has 1 saturated carbocycles. The van der Waals surface area contributed by atoms with Crippen LogP contribution in [0.5, 0.6) is 0 Å². The maximum Gasteiger partial charge on any atom is 0.253 e. The van der Waals surface area contributed by atoms with Crippen LogP contribution in [0.3, 0.4) is 0 Å². The summed E-state index contributed by atoms with van der Waals surface area (Å²) < 4.78 is 2.61. The molecular formula is C16H17N5OS. The van der Waals surface area contributed by atoms with E-state index in [1.165, 1.54) is 12.8 Å². The molecule has 1 amide bonds. The molecule has 7 heteroatoms. The minimum Gasteiger partial charge on any atom is -0.361 e. The number of hydrogen-bond donors (Lipinski definition) is 3. The Morgan fingerprint density at radius 3 is 3.09 bits per heavy atom. The third kappa shape index (κ3) is 2.68.